The molecule has 1 N–H and O–H groups in total. The largest absolute Gasteiger partial charge is 0.285 e. The van der Waals surface area contributed by atoms with Crippen LogP contribution in [0.4, 0.5) is 0 Å². The third kappa shape index (κ3) is 1.19. The number of aliphatic imine (C=N–C) groups is 2. The van der Waals surface area contributed by atoms with E-state index in [9.17, 15) is 0 Å². The van der Waals surface area contributed by atoms with Gasteiger partial charge in [0.05, 0.1) is 12.8 Å². The van der Waals surface area contributed by atoms with Gasteiger partial charge in [0.25, 0.3) is 0 Å². The van der Waals surface area contributed by atoms with E-state index in [2.05, 4.69) is 9.98 Å². The van der Waals surface area contributed by atoms with Gasteiger partial charge in [0.1, 0.15) is 11.9 Å². The van der Waals surface area contributed by atoms with Crippen LogP contribution in [-0.4, -0.2) is 24.3 Å². The van der Waals surface area contributed by atoms with Crippen LogP contribution in [0.5, 0.6) is 0 Å². The third-order valence-electron chi connectivity index (χ3n) is 0.856. The summed E-state index contributed by atoms with van der Waals surface area (Å²) in [5.74, 6) is 0.203. The summed E-state index contributed by atoms with van der Waals surface area (Å²) in [7, 11) is 0. The van der Waals surface area contributed by atoms with Gasteiger partial charge in [-0.25, -0.2) is 4.99 Å². The summed E-state index contributed by atoms with van der Waals surface area (Å²) < 4.78 is 0. The molecule has 1 aliphatic heterocycles. The smallest absolute Gasteiger partial charge is 0.154 e. The van der Waals surface area contributed by atoms with Crippen molar-refractivity contribution in [2.75, 3.05) is 6.54 Å². The normalized spacial score (nSPS) is 16.8. The van der Waals surface area contributed by atoms with Gasteiger partial charge in [-0.2, -0.15) is 5.26 Å². The van der Waals surface area contributed by atoms with Crippen LogP contribution in [0.1, 0.15) is 0 Å². The first-order valence-electron chi connectivity index (χ1n) is 2.39. The predicted molar refractivity (Wildman–Crippen MR) is 34.1 cm³/mol. The zero-order chi connectivity index (χ0) is 6.69. The first-order chi connectivity index (χ1) is 4.33. The molecule has 9 heavy (non-hydrogen) atoms. The summed E-state index contributed by atoms with van der Waals surface area (Å²) in [6.45, 7) is 0.236. The summed E-state index contributed by atoms with van der Waals surface area (Å²) in [5, 5.41) is 15.2. The lowest BCUT2D eigenvalue weighted by molar-refractivity contribution is 1.22. The Labute approximate surface area is 52.1 Å². The quantitative estimate of drug-likeness (QED) is 0.480. The van der Waals surface area contributed by atoms with Gasteiger partial charge < -0.3 is 0 Å². The molecule has 0 radical (unpaired) electrons. The van der Waals surface area contributed by atoms with Gasteiger partial charge in [-0.3, -0.25) is 10.4 Å². The van der Waals surface area contributed by atoms with Gasteiger partial charge in [0.15, 0.2) is 5.71 Å². The molecular formula is C5H4N4. The topological polar surface area (TPSA) is 72.4 Å². The van der Waals surface area contributed by atoms with E-state index >= 15 is 0 Å². The van der Waals surface area contributed by atoms with Crippen molar-refractivity contribution in [3.05, 3.63) is 0 Å². The Balaban J connectivity index is 2.77. The Bertz CT molecular complexity index is 230. The highest BCUT2D eigenvalue weighted by Gasteiger charge is 2.00. The lowest BCUT2D eigenvalue weighted by Crippen LogP contribution is -2.10. The van der Waals surface area contributed by atoms with Gasteiger partial charge >= 0.3 is 0 Å². The van der Waals surface area contributed by atoms with Gasteiger partial charge in [0.2, 0.25) is 0 Å². The highest BCUT2D eigenvalue weighted by Crippen LogP contribution is 1.86. The van der Waals surface area contributed by atoms with Crippen molar-refractivity contribution in [1.82, 2.24) is 0 Å². The molecule has 4 heteroatoms. The second-order valence-corrected chi connectivity index (χ2v) is 1.52. The molecular weight excluding hydrogens is 116 g/mol. The monoisotopic (exact) mass is 120 g/mol. The fourth-order valence-corrected chi connectivity index (χ4v) is 0.445. The third-order valence-corrected chi connectivity index (χ3v) is 0.856. The molecule has 0 saturated heterocycles. The Morgan fingerprint density at radius 2 is 2.56 bits per heavy atom. The first kappa shape index (κ1) is 5.63. The number of nitrogens with zero attached hydrogens (tertiary/aromatic N) is 3. The predicted octanol–water partition coefficient (Wildman–Crippen LogP) is 0.0126. The number of hydrogen-bond acceptors (Lipinski definition) is 3. The van der Waals surface area contributed by atoms with Crippen molar-refractivity contribution in [3.63, 3.8) is 0 Å². The van der Waals surface area contributed by atoms with E-state index in [1.807, 2.05) is 6.07 Å². The molecule has 1 heterocycles. The van der Waals surface area contributed by atoms with Gasteiger partial charge in [-0.05, 0) is 0 Å². The SMILES string of the molecule is N#CC1=NCC(=N)N=C1. The molecule has 0 atom stereocenters. The molecule has 0 aromatic carbocycles. The molecule has 1 aliphatic rings. The number of nitrogens with one attached hydrogen (secondary N) is 1. The molecule has 0 bridgehead atoms. The Morgan fingerprint density at radius 3 is 3.00 bits per heavy atom. The molecule has 0 aromatic rings. The maximum absolute atomic E-state index is 8.23. The standard InChI is InChI=1S/C5H4N4/c6-1-4-2-9-5(7)3-8-4/h2,7H,3H2. The number of hydrogen-bond donors (Lipinski definition) is 1. The average molecular weight is 120 g/mol. The van der Waals surface area contributed by atoms with Crippen molar-refractivity contribution in [2.45, 2.75) is 0 Å². The van der Waals surface area contributed by atoms with Crippen molar-refractivity contribution in [1.29, 1.82) is 10.7 Å². The van der Waals surface area contributed by atoms with Crippen molar-refractivity contribution in [3.8, 4) is 6.07 Å². The van der Waals surface area contributed by atoms with E-state index in [1.54, 1.807) is 0 Å². The van der Waals surface area contributed by atoms with Crippen LogP contribution in [0.25, 0.3) is 0 Å². The van der Waals surface area contributed by atoms with Crippen LogP contribution in [0, 0.1) is 16.7 Å². The fraction of sp³-hybridized carbons (Fsp3) is 0.200. The number of rotatable bonds is 0. The van der Waals surface area contributed by atoms with Crippen molar-refractivity contribution < 1.29 is 0 Å². The van der Waals surface area contributed by atoms with Crippen LogP contribution < -0.4 is 0 Å². The minimum absolute atomic E-state index is 0.203. The average Bonchev–Trinajstić information content (AvgIpc) is 1.90. The Morgan fingerprint density at radius 1 is 1.78 bits per heavy atom. The van der Waals surface area contributed by atoms with Gasteiger partial charge in [-0.1, -0.05) is 0 Å². The number of amidine groups is 1. The maximum Gasteiger partial charge on any atom is 0.154 e. The van der Waals surface area contributed by atoms with Crippen LogP contribution in [-0.2, 0) is 0 Å². The van der Waals surface area contributed by atoms with Gasteiger partial charge in [-0.15, -0.1) is 0 Å². The molecule has 1 rings (SSSR count). The fourth-order valence-electron chi connectivity index (χ4n) is 0.445. The molecule has 0 aliphatic carbocycles. The molecule has 0 amide bonds. The van der Waals surface area contributed by atoms with Crippen molar-refractivity contribution >= 4 is 17.8 Å². The summed E-state index contributed by atoms with van der Waals surface area (Å²) in [6, 6.07) is 1.83. The summed E-state index contributed by atoms with van der Waals surface area (Å²) in [5.41, 5.74) is 0.297. The molecule has 44 valence electrons. The van der Waals surface area contributed by atoms with Crippen LogP contribution in [0.3, 0.4) is 0 Å². The molecule has 0 spiro atoms. The highest BCUT2D eigenvalue weighted by molar-refractivity contribution is 6.40. The van der Waals surface area contributed by atoms with Crippen LogP contribution in [0.15, 0.2) is 9.98 Å². The first-order valence-corrected chi connectivity index (χ1v) is 2.39. The lowest BCUT2D eigenvalue weighted by Gasteiger charge is -1.96. The highest BCUT2D eigenvalue weighted by atomic mass is 14.9. The van der Waals surface area contributed by atoms with E-state index < -0.39 is 0 Å². The van der Waals surface area contributed by atoms with Crippen LogP contribution in [0.2, 0.25) is 0 Å². The van der Waals surface area contributed by atoms with E-state index in [-0.39, 0.29) is 12.4 Å². The van der Waals surface area contributed by atoms with Gasteiger partial charge in [0, 0.05) is 0 Å². The van der Waals surface area contributed by atoms with Crippen molar-refractivity contribution in [2.24, 2.45) is 9.98 Å². The Hall–Kier alpha value is -1.50. The molecule has 0 saturated carbocycles. The lowest BCUT2D eigenvalue weighted by atomic mass is 10.4. The molecule has 4 nitrogen and oxygen atoms in total. The molecule has 0 aromatic heterocycles. The Kier molecular flexibility index (Phi) is 1.36. The minimum atomic E-state index is 0.203. The van der Waals surface area contributed by atoms with E-state index in [0.717, 1.165) is 0 Å². The van der Waals surface area contributed by atoms with E-state index in [0.29, 0.717) is 5.71 Å². The minimum Gasteiger partial charge on any atom is -0.285 e. The number of nitriles is 1. The summed E-state index contributed by atoms with van der Waals surface area (Å²) >= 11 is 0. The zero-order valence-electron chi connectivity index (χ0n) is 4.63. The molecule has 0 unspecified atom stereocenters. The summed E-state index contributed by atoms with van der Waals surface area (Å²) in [4.78, 5) is 7.30. The van der Waals surface area contributed by atoms with E-state index in [1.165, 1.54) is 6.21 Å². The summed E-state index contributed by atoms with van der Waals surface area (Å²) in [6.07, 6.45) is 1.30. The second-order valence-electron chi connectivity index (χ2n) is 1.52. The van der Waals surface area contributed by atoms with E-state index in [4.69, 9.17) is 10.7 Å². The van der Waals surface area contributed by atoms with Crippen LogP contribution >= 0.6 is 0 Å². The zero-order valence-corrected chi connectivity index (χ0v) is 4.63. The molecule has 0 fully saturated rings. The second kappa shape index (κ2) is 2.18. The maximum atomic E-state index is 8.23.